The molecular formula is C24H26BrNO4. The van der Waals surface area contributed by atoms with Gasteiger partial charge in [-0.15, -0.1) is 0 Å². The zero-order valence-electron chi connectivity index (χ0n) is 17.5. The van der Waals surface area contributed by atoms with Crippen LogP contribution in [0.4, 0.5) is 0 Å². The number of nitrogens with zero attached hydrogens (tertiary/aromatic N) is 1. The Hall–Kier alpha value is -2.18. The van der Waals surface area contributed by atoms with Gasteiger partial charge in [0.05, 0.1) is 17.6 Å². The molecule has 2 aromatic rings. The summed E-state index contributed by atoms with van der Waals surface area (Å²) in [5, 5.41) is 10.3. The van der Waals surface area contributed by atoms with E-state index >= 15 is 0 Å². The fourth-order valence-electron chi connectivity index (χ4n) is 4.53. The molecule has 1 spiro atoms. The maximum Gasteiger partial charge on any atom is 0.253 e. The van der Waals surface area contributed by atoms with Crippen LogP contribution in [-0.2, 0) is 5.60 Å². The van der Waals surface area contributed by atoms with E-state index in [1.54, 1.807) is 19.9 Å². The Morgan fingerprint density at radius 1 is 1.17 bits per heavy atom. The van der Waals surface area contributed by atoms with Gasteiger partial charge < -0.3 is 14.7 Å². The quantitative estimate of drug-likeness (QED) is 0.693. The third-order valence-corrected chi connectivity index (χ3v) is 6.64. The lowest BCUT2D eigenvalue weighted by Gasteiger charge is -2.44. The number of aryl methyl sites for hydroxylation is 1. The van der Waals surface area contributed by atoms with Crippen molar-refractivity contribution in [3.63, 3.8) is 0 Å². The molecule has 0 aliphatic carbocycles. The summed E-state index contributed by atoms with van der Waals surface area (Å²) in [7, 11) is 0. The van der Waals surface area contributed by atoms with Crippen LogP contribution in [0.5, 0.6) is 5.75 Å². The van der Waals surface area contributed by atoms with Crippen molar-refractivity contribution in [1.29, 1.82) is 0 Å². The Labute approximate surface area is 185 Å². The number of ketones is 1. The van der Waals surface area contributed by atoms with Gasteiger partial charge in [0, 0.05) is 36.0 Å². The van der Waals surface area contributed by atoms with Crippen LogP contribution in [0.1, 0.15) is 65.0 Å². The van der Waals surface area contributed by atoms with Gasteiger partial charge >= 0.3 is 0 Å². The second kappa shape index (κ2) is 7.50. The minimum atomic E-state index is -0.945. The molecule has 2 aliphatic heterocycles. The molecule has 1 saturated heterocycles. The number of carbonyl (C=O) groups is 2. The van der Waals surface area contributed by atoms with Crippen molar-refractivity contribution in [1.82, 2.24) is 4.90 Å². The van der Waals surface area contributed by atoms with Crippen molar-refractivity contribution >= 4 is 27.6 Å². The smallest absolute Gasteiger partial charge is 0.253 e. The number of carbonyl (C=O) groups excluding carboxylic acids is 2. The van der Waals surface area contributed by atoms with Crippen LogP contribution in [0.2, 0.25) is 0 Å². The Morgan fingerprint density at radius 2 is 1.87 bits per heavy atom. The van der Waals surface area contributed by atoms with E-state index in [9.17, 15) is 14.7 Å². The van der Waals surface area contributed by atoms with Gasteiger partial charge in [0.2, 0.25) is 0 Å². The number of hydrogen-bond donors (Lipinski definition) is 1. The number of ether oxygens (including phenoxy) is 1. The summed E-state index contributed by atoms with van der Waals surface area (Å²) in [6.07, 6.45) is 1.60. The summed E-state index contributed by atoms with van der Waals surface area (Å²) in [5.41, 5.74) is 1.47. The highest BCUT2D eigenvalue weighted by Gasteiger charge is 2.43. The van der Waals surface area contributed by atoms with Crippen molar-refractivity contribution < 1.29 is 19.4 Å². The van der Waals surface area contributed by atoms with E-state index in [4.69, 9.17) is 4.74 Å². The monoisotopic (exact) mass is 471 g/mol. The highest BCUT2D eigenvalue weighted by molar-refractivity contribution is 9.10. The van der Waals surface area contributed by atoms with Crippen LogP contribution in [-0.4, -0.2) is 40.4 Å². The molecule has 1 amide bonds. The number of benzene rings is 2. The molecule has 0 atom stereocenters. The maximum atomic E-state index is 13.0. The van der Waals surface area contributed by atoms with Gasteiger partial charge in [-0.1, -0.05) is 22.0 Å². The summed E-state index contributed by atoms with van der Waals surface area (Å²) in [6.45, 7) is 6.48. The molecule has 0 saturated carbocycles. The molecule has 0 aromatic heterocycles. The summed E-state index contributed by atoms with van der Waals surface area (Å²) < 4.78 is 7.15. The Kier molecular flexibility index (Phi) is 5.27. The fourth-order valence-corrected chi connectivity index (χ4v) is 4.89. The average molecular weight is 472 g/mol. The molecule has 30 heavy (non-hydrogen) atoms. The van der Waals surface area contributed by atoms with Crippen LogP contribution in [0, 0.1) is 6.92 Å². The van der Waals surface area contributed by atoms with E-state index in [1.807, 2.05) is 42.2 Å². The van der Waals surface area contributed by atoms with Gasteiger partial charge in [-0.25, -0.2) is 0 Å². The summed E-state index contributed by atoms with van der Waals surface area (Å²) in [4.78, 5) is 27.6. The molecule has 5 nitrogen and oxygen atoms in total. The van der Waals surface area contributed by atoms with E-state index in [1.165, 1.54) is 0 Å². The Bertz CT molecular complexity index is 1020. The molecule has 2 heterocycles. The molecule has 4 rings (SSSR count). The van der Waals surface area contributed by atoms with Crippen molar-refractivity contribution in [3.05, 3.63) is 63.1 Å². The maximum absolute atomic E-state index is 13.0. The molecule has 6 heteroatoms. The average Bonchev–Trinajstić information content (AvgIpc) is 2.68. The number of hydrogen-bond acceptors (Lipinski definition) is 4. The van der Waals surface area contributed by atoms with Crippen molar-refractivity contribution in [2.24, 2.45) is 0 Å². The first-order chi connectivity index (χ1) is 14.1. The van der Waals surface area contributed by atoms with Gasteiger partial charge in [0.1, 0.15) is 11.4 Å². The fraction of sp³-hybridized carbons (Fsp3) is 0.417. The standard InChI is InChI=1S/C24H26BrNO4/c1-15-12-16(4-6-19(15)23(2,3)29)22(28)26-10-8-24(9-11-26)14-20(27)18-13-17(25)5-7-21(18)30-24/h4-7,12-13,29H,8-11,14H2,1-3H3. The normalized spacial score (nSPS) is 18.2. The molecule has 1 N–H and O–H groups in total. The predicted molar refractivity (Wildman–Crippen MR) is 118 cm³/mol. The number of aliphatic hydroxyl groups is 1. The van der Waals surface area contributed by atoms with Crippen molar-refractivity contribution in [3.8, 4) is 5.75 Å². The molecule has 0 radical (unpaired) electrons. The summed E-state index contributed by atoms with van der Waals surface area (Å²) in [6, 6.07) is 11.0. The number of likely N-dealkylation sites (tertiary alicyclic amines) is 1. The first-order valence-corrected chi connectivity index (χ1v) is 11.0. The lowest BCUT2D eigenvalue weighted by Crippen LogP contribution is -2.52. The largest absolute Gasteiger partial charge is 0.486 e. The topological polar surface area (TPSA) is 66.8 Å². The van der Waals surface area contributed by atoms with Gasteiger partial charge in [-0.2, -0.15) is 0 Å². The molecule has 0 bridgehead atoms. The van der Waals surface area contributed by atoms with E-state index in [0.29, 0.717) is 49.2 Å². The van der Waals surface area contributed by atoms with Crippen LogP contribution >= 0.6 is 15.9 Å². The molecule has 158 valence electrons. The molecule has 0 unspecified atom stereocenters. The lowest BCUT2D eigenvalue weighted by molar-refractivity contribution is -0.00574. The van der Waals surface area contributed by atoms with Gasteiger partial charge in [0.25, 0.3) is 5.91 Å². The first kappa shape index (κ1) is 21.1. The van der Waals surface area contributed by atoms with Gasteiger partial charge in [-0.3, -0.25) is 9.59 Å². The minimum Gasteiger partial charge on any atom is -0.486 e. The first-order valence-electron chi connectivity index (χ1n) is 10.2. The number of amides is 1. The van der Waals surface area contributed by atoms with E-state index in [2.05, 4.69) is 15.9 Å². The third-order valence-electron chi connectivity index (χ3n) is 6.15. The molecule has 1 fully saturated rings. The minimum absolute atomic E-state index is 0.0262. The molecule has 2 aliphatic rings. The molecule has 2 aromatic carbocycles. The second-order valence-corrected chi connectivity index (χ2v) is 9.82. The highest BCUT2D eigenvalue weighted by atomic mass is 79.9. The summed E-state index contributed by atoms with van der Waals surface area (Å²) in [5.74, 6) is 0.698. The predicted octanol–water partition coefficient (Wildman–Crippen LogP) is 4.63. The second-order valence-electron chi connectivity index (χ2n) is 8.91. The van der Waals surface area contributed by atoms with E-state index in [0.717, 1.165) is 15.6 Å². The van der Waals surface area contributed by atoms with Gasteiger partial charge in [0.15, 0.2) is 5.78 Å². The SMILES string of the molecule is Cc1cc(C(=O)N2CCC3(CC2)CC(=O)c2cc(Br)ccc2O3)ccc1C(C)(C)O. The number of halogens is 1. The zero-order chi connectivity index (χ0) is 21.7. The third kappa shape index (κ3) is 3.91. The van der Waals surface area contributed by atoms with Crippen LogP contribution in [0.25, 0.3) is 0 Å². The van der Waals surface area contributed by atoms with Crippen LogP contribution in [0.3, 0.4) is 0 Å². The lowest BCUT2D eigenvalue weighted by atomic mass is 9.82. The van der Waals surface area contributed by atoms with Gasteiger partial charge in [-0.05, 0) is 62.2 Å². The number of Topliss-reactive ketones (excluding diaryl/α,β-unsaturated/α-hetero) is 1. The molecular weight excluding hydrogens is 446 g/mol. The van der Waals surface area contributed by atoms with E-state index < -0.39 is 11.2 Å². The highest BCUT2D eigenvalue weighted by Crippen LogP contribution is 2.40. The van der Waals surface area contributed by atoms with Crippen molar-refractivity contribution in [2.45, 2.75) is 51.2 Å². The van der Waals surface area contributed by atoms with Crippen LogP contribution in [0.15, 0.2) is 40.9 Å². The zero-order valence-corrected chi connectivity index (χ0v) is 19.1. The Balaban J connectivity index is 1.47. The van der Waals surface area contributed by atoms with Crippen molar-refractivity contribution in [2.75, 3.05) is 13.1 Å². The summed E-state index contributed by atoms with van der Waals surface area (Å²) >= 11 is 3.41. The number of rotatable bonds is 2. The number of piperidine rings is 1. The van der Waals surface area contributed by atoms with Crippen LogP contribution < -0.4 is 4.74 Å². The Morgan fingerprint density at radius 3 is 2.50 bits per heavy atom. The number of fused-ring (bicyclic) bond motifs is 1. The van der Waals surface area contributed by atoms with E-state index in [-0.39, 0.29) is 11.7 Å².